The van der Waals surface area contributed by atoms with E-state index in [0.717, 1.165) is 32.0 Å². The molecule has 0 amide bonds. The summed E-state index contributed by atoms with van der Waals surface area (Å²) in [5.74, 6) is 0. The van der Waals surface area contributed by atoms with Crippen LogP contribution in [0, 0.1) is 6.92 Å². The van der Waals surface area contributed by atoms with Crippen molar-refractivity contribution in [3.05, 3.63) is 39.8 Å². The molecule has 1 saturated heterocycles. The summed E-state index contributed by atoms with van der Waals surface area (Å²) in [4.78, 5) is 5.25. The van der Waals surface area contributed by atoms with Crippen LogP contribution in [0.1, 0.15) is 21.5 Å². The van der Waals surface area contributed by atoms with E-state index in [2.05, 4.69) is 34.2 Å². The number of ether oxygens (including phenoxy) is 1. The fourth-order valence-electron chi connectivity index (χ4n) is 2.34. The molecule has 1 N–H and O–H groups in total. The third-order valence-electron chi connectivity index (χ3n) is 3.28. The van der Waals surface area contributed by atoms with Crippen LogP contribution in [-0.4, -0.2) is 34.9 Å². The van der Waals surface area contributed by atoms with Crippen LogP contribution in [0.15, 0.2) is 24.4 Å². The summed E-state index contributed by atoms with van der Waals surface area (Å²) in [6.45, 7) is 5.67. The largest absolute Gasteiger partial charge is 0.378 e. The number of rotatable bonds is 3. The van der Waals surface area contributed by atoms with Crippen molar-refractivity contribution >= 4 is 11.3 Å². The zero-order valence-corrected chi connectivity index (χ0v) is 11.2. The van der Waals surface area contributed by atoms with Gasteiger partial charge in [-0.15, -0.1) is 11.3 Å². The lowest BCUT2D eigenvalue weighted by atomic mass is 10.1. The van der Waals surface area contributed by atoms with Crippen LogP contribution < -0.4 is 0 Å². The summed E-state index contributed by atoms with van der Waals surface area (Å²) >= 11 is 1.87. The number of nitrogens with zero attached hydrogens (tertiary/aromatic N) is 2. The Hall–Kier alpha value is -1.17. The van der Waals surface area contributed by atoms with Gasteiger partial charge < -0.3 is 4.74 Å². The van der Waals surface area contributed by atoms with Gasteiger partial charge in [0.15, 0.2) is 0 Å². The van der Waals surface area contributed by atoms with E-state index < -0.39 is 0 Å². The van der Waals surface area contributed by atoms with Crippen molar-refractivity contribution in [1.29, 1.82) is 0 Å². The second-order valence-electron chi connectivity index (χ2n) is 4.59. The highest BCUT2D eigenvalue weighted by Gasteiger charge is 2.25. The molecular weight excluding hydrogens is 246 g/mol. The molecular formula is C13H17N3OS. The molecule has 0 spiro atoms. The standard InChI is InChI=1S/C13H17N3OS/c1-10-2-3-11(18-10)8-16-6-7-17-9-13(16)12-4-5-14-15-12/h2-5,13H,6-9H2,1H3,(H,14,15)/t13-/m1/s1. The van der Waals surface area contributed by atoms with E-state index >= 15 is 0 Å². The van der Waals surface area contributed by atoms with E-state index in [1.165, 1.54) is 9.75 Å². The van der Waals surface area contributed by atoms with Crippen molar-refractivity contribution in [3.8, 4) is 0 Å². The van der Waals surface area contributed by atoms with Gasteiger partial charge in [-0.3, -0.25) is 10.00 Å². The van der Waals surface area contributed by atoms with Gasteiger partial charge in [0, 0.05) is 29.0 Å². The quantitative estimate of drug-likeness (QED) is 0.924. The molecule has 1 aliphatic rings. The SMILES string of the molecule is Cc1ccc(CN2CCOC[C@@H]2c2ccn[nH]2)s1. The molecule has 0 radical (unpaired) electrons. The lowest BCUT2D eigenvalue weighted by molar-refractivity contribution is -0.0138. The van der Waals surface area contributed by atoms with Gasteiger partial charge in [-0.25, -0.2) is 0 Å². The molecule has 5 heteroatoms. The van der Waals surface area contributed by atoms with Gasteiger partial charge in [0.05, 0.1) is 24.9 Å². The predicted molar refractivity (Wildman–Crippen MR) is 71.6 cm³/mol. The number of thiophene rings is 1. The van der Waals surface area contributed by atoms with Crippen LogP contribution >= 0.6 is 11.3 Å². The minimum absolute atomic E-state index is 0.295. The summed E-state index contributed by atoms with van der Waals surface area (Å²) in [6.07, 6.45) is 1.80. The van der Waals surface area contributed by atoms with Crippen LogP contribution in [0.3, 0.4) is 0 Å². The third kappa shape index (κ3) is 2.48. The van der Waals surface area contributed by atoms with Gasteiger partial charge in [-0.1, -0.05) is 0 Å². The lowest BCUT2D eigenvalue weighted by Gasteiger charge is -2.34. The fraction of sp³-hybridized carbons (Fsp3) is 0.462. The number of aryl methyl sites for hydroxylation is 1. The zero-order chi connectivity index (χ0) is 12.4. The van der Waals surface area contributed by atoms with Crippen molar-refractivity contribution < 1.29 is 4.74 Å². The molecule has 3 heterocycles. The maximum Gasteiger partial charge on any atom is 0.0755 e. The Morgan fingerprint density at radius 3 is 3.17 bits per heavy atom. The minimum atomic E-state index is 0.295. The van der Waals surface area contributed by atoms with Crippen LogP contribution in [-0.2, 0) is 11.3 Å². The topological polar surface area (TPSA) is 41.1 Å². The van der Waals surface area contributed by atoms with Gasteiger partial charge >= 0.3 is 0 Å². The second-order valence-corrected chi connectivity index (χ2v) is 5.96. The first-order valence-corrected chi connectivity index (χ1v) is 7.01. The number of aromatic amines is 1. The summed E-state index contributed by atoms with van der Waals surface area (Å²) in [5, 5.41) is 7.10. The molecule has 1 atom stereocenters. The molecule has 1 fully saturated rings. The van der Waals surface area contributed by atoms with E-state index in [-0.39, 0.29) is 0 Å². The smallest absolute Gasteiger partial charge is 0.0755 e. The van der Waals surface area contributed by atoms with E-state index in [9.17, 15) is 0 Å². The van der Waals surface area contributed by atoms with Crippen molar-refractivity contribution in [2.45, 2.75) is 19.5 Å². The predicted octanol–water partition coefficient (Wildman–Crippen LogP) is 2.35. The van der Waals surface area contributed by atoms with Crippen molar-refractivity contribution in [1.82, 2.24) is 15.1 Å². The first kappa shape index (κ1) is 11.9. The summed E-state index contributed by atoms with van der Waals surface area (Å²) in [7, 11) is 0. The number of morpholine rings is 1. The highest BCUT2D eigenvalue weighted by Crippen LogP contribution is 2.26. The molecule has 0 aromatic carbocycles. The van der Waals surface area contributed by atoms with Gasteiger partial charge in [0.2, 0.25) is 0 Å². The van der Waals surface area contributed by atoms with Crippen LogP contribution in [0.25, 0.3) is 0 Å². The molecule has 2 aromatic rings. The zero-order valence-electron chi connectivity index (χ0n) is 10.4. The normalized spacial score (nSPS) is 21.3. The Kier molecular flexibility index (Phi) is 3.45. The van der Waals surface area contributed by atoms with Crippen molar-refractivity contribution in [3.63, 3.8) is 0 Å². The summed E-state index contributed by atoms with van der Waals surface area (Å²) in [5.41, 5.74) is 1.14. The number of hydrogen-bond donors (Lipinski definition) is 1. The second kappa shape index (κ2) is 5.22. The highest BCUT2D eigenvalue weighted by molar-refractivity contribution is 7.11. The molecule has 0 unspecified atom stereocenters. The molecule has 2 aromatic heterocycles. The first-order valence-electron chi connectivity index (χ1n) is 6.19. The molecule has 18 heavy (non-hydrogen) atoms. The molecule has 0 saturated carbocycles. The minimum Gasteiger partial charge on any atom is -0.378 e. The lowest BCUT2D eigenvalue weighted by Crippen LogP contribution is -2.39. The molecule has 96 valence electrons. The Bertz CT molecular complexity index is 494. The first-order chi connectivity index (χ1) is 8.83. The van der Waals surface area contributed by atoms with Gasteiger partial charge in [-0.05, 0) is 25.1 Å². The Labute approximate surface area is 111 Å². The molecule has 0 aliphatic carbocycles. The average molecular weight is 263 g/mol. The summed E-state index contributed by atoms with van der Waals surface area (Å²) < 4.78 is 5.59. The van der Waals surface area contributed by atoms with Crippen LogP contribution in [0.5, 0.6) is 0 Å². The van der Waals surface area contributed by atoms with Crippen molar-refractivity contribution in [2.75, 3.05) is 19.8 Å². The van der Waals surface area contributed by atoms with Gasteiger partial charge in [0.1, 0.15) is 0 Å². The van der Waals surface area contributed by atoms with E-state index in [4.69, 9.17) is 4.74 Å². The molecule has 4 nitrogen and oxygen atoms in total. The van der Waals surface area contributed by atoms with E-state index in [1.807, 2.05) is 17.4 Å². The monoisotopic (exact) mass is 263 g/mol. The Balaban J connectivity index is 1.76. The van der Waals surface area contributed by atoms with Gasteiger partial charge in [0.25, 0.3) is 0 Å². The maximum absolute atomic E-state index is 5.59. The maximum atomic E-state index is 5.59. The number of H-pyrrole nitrogens is 1. The Morgan fingerprint density at radius 1 is 1.50 bits per heavy atom. The number of nitrogens with one attached hydrogen (secondary N) is 1. The fourth-order valence-corrected chi connectivity index (χ4v) is 3.25. The van der Waals surface area contributed by atoms with E-state index in [1.54, 1.807) is 6.20 Å². The molecule has 0 bridgehead atoms. The van der Waals surface area contributed by atoms with Crippen LogP contribution in [0.2, 0.25) is 0 Å². The average Bonchev–Trinajstić information content (AvgIpc) is 3.02. The highest BCUT2D eigenvalue weighted by atomic mass is 32.1. The van der Waals surface area contributed by atoms with E-state index in [0.29, 0.717) is 6.04 Å². The summed E-state index contributed by atoms with van der Waals surface area (Å²) in [6, 6.07) is 6.74. The van der Waals surface area contributed by atoms with Crippen LogP contribution in [0.4, 0.5) is 0 Å². The third-order valence-corrected chi connectivity index (χ3v) is 4.26. The van der Waals surface area contributed by atoms with Gasteiger partial charge in [-0.2, -0.15) is 5.10 Å². The molecule has 3 rings (SSSR count). The van der Waals surface area contributed by atoms with Crippen molar-refractivity contribution in [2.24, 2.45) is 0 Å². The number of hydrogen-bond acceptors (Lipinski definition) is 4. The Morgan fingerprint density at radius 2 is 2.44 bits per heavy atom. The molecule has 1 aliphatic heterocycles. The number of aromatic nitrogens is 2.